The number of aromatic nitrogens is 2. The number of alkyl halides is 3. The van der Waals surface area contributed by atoms with Gasteiger partial charge in [-0.25, -0.2) is 18.5 Å². The fraction of sp³-hybridized carbons (Fsp3) is 0.192. The first-order valence-electron chi connectivity index (χ1n) is 11.5. The average molecular weight is 579 g/mol. The molecule has 4 aromatic rings. The zero-order valence-electron chi connectivity index (χ0n) is 20.6. The topological polar surface area (TPSA) is 124 Å². The summed E-state index contributed by atoms with van der Waals surface area (Å²) in [6.07, 6.45) is -4.30. The number of imidazole rings is 1. The maximum absolute atomic E-state index is 13.3. The van der Waals surface area contributed by atoms with E-state index in [9.17, 15) is 31.2 Å². The van der Waals surface area contributed by atoms with Crippen LogP contribution >= 0.6 is 11.6 Å². The van der Waals surface area contributed by atoms with Gasteiger partial charge in [-0.2, -0.15) is 13.2 Å². The Bertz CT molecular complexity index is 1720. The molecule has 0 atom stereocenters. The van der Waals surface area contributed by atoms with Gasteiger partial charge in [0.15, 0.2) is 11.6 Å². The molecule has 1 heterocycles. The number of hydrogen-bond acceptors (Lipinski definition) is 5. The number of nitrogens with two attached hydrogens (primary N) is 1. The minimum atomic E-state index is -4.68. The molecule has 0 fully saturated rings. The molecule has 13 heteroatoms. The Labute approximate surface area is 226 Å². The molecule has 0 aliphatic carbocycles. The standard InChI is InChI=1S/C26H22ClF3N4O4S/c1-14-3-8-23(39(31,37)38)18(11-14)25(36)32-10-9-16-4-6-17(7-5-16)34-22-13-20(27)19(26(28,29)30)12-21(22)33-24(34)15(2)35/h3-8,11-13H,9-10H2,1-2H3,(H,32,36)(H2,31,37,38). The molecule has 0 saturated carbocycles. The zero-order chi connectivity index (χ0) is 28.7. The van der Waals surface area contributed by atoms with Crippen LogP contribution in [-0.4, -0.2) is 36.2 Å². The van der Waals surface area contributed by atoms with E-state index in [0.29, 0.717) is 17.7 Å². The van der Waals surface area contributed by atoms with Gasteiger partial charge >= 0.3 is 6.18 Å². The molecule has 0 aliphatic rings. The SMILES string of the molecule is CC(=O)c1nc2cc(C(F)(F)F)c(Cl)cc2n1-c1ccc(CCNC(=O)c2cc(C)ccc2S(N)(=O)=O)cc1. The fourth-order valence-corrected chi connectivity index (χ4v) is 5.09. The van der Waals surface area contributed by atoms with E-state index >= 15 is 0 Å². The number of rotatable bonds is 7. The molecular weight excluding hydrogens is 557 g/mol. The number of amides is 1. The van der Waals surface area contributed by atoms with E-state index in [-0.39, 0.29) is 33.9 Å². The number of ketones is 1. The monoisotopic (exact) mass is 578 g/mol. The summed E-state index contributed by atoms with van der Waals surface area (Å²) < 4.78 is 65.0. The summed E-state index contributed by atoms with van der Waals surface area (Å²) in [6.45, 7) is 3.16. The number of fused-ring (bicyclic) bond motifs is 1. The first kappa shape index (κ1) is 28.3. The van der Waals surface area contributed by atoms with Crippen molar-refractivity contribution in [1.82, 2.24) is 14.9 Å². The number of halogens is 4. The average Bonchev–Trinajstić information content (AvgIpc) is 3.21. The fourth-order valence-electron chi connectivity index (χ4n) is 4.11. The van der Waals surface area contributed by atoms with Crippen molar-refractivity contribution < 1.29 is 31.2 Å². The third kappa shape index (κ3) is 5.97. The van der Waals surface area contributed by atoms with Crippen LogP contribution in [0.5, 0.6) is 0 Å². The Balaban J connectivity index is 1.56. The van der Waals surface area contributed by atoms with Crippen molar-refractivity contribution in [3.8, 4) is 5.69 Å². The second-order valence-corrected chi connectivity index (χ2v) is 10.8. The van der Waals surface area contributed by atoms with Crippen LogP contribution in [0.15, 0.2) is 59.5 Å². The minimum Gasteiger partial charge on any atom is -0.352 e. The zero-order valence-corrected chi connectivity index (χ0v) is 22.2. The van der Waals surface area contributed by atoms with Crippen molar-refractivity contribution in [3.63, 3.8) is 0 Å². The Kier molecular flexibility index (Phi) is 7.57. The van der Waals surface area contributed by atoms with Gasteiger partial charge in [-0.05, 0) is 55.3 Å². The predicted octanol–water partition coefficient (Wildman–Crippen LogP) is 4.83. The summed E-state index contributed by atoms with van der Waals surface area (Å²) in [5.41, 5.74) is 1.07. The lowest BCUT2D eigenvalue weighted by Gasteiger charge is -2.12. The quantitative estimate of drug-likeness (QED) is 0.304. The highest BCUT2D eigenvalue weighted by atomic mass is 35.5. The smallest absolute Gasteiger partial charge is 0.352 e. The van der Waals surface area contributed by atoms with Crippen LogP contribution in [0, 0.1) is 6.92 Å². The van der Waals surface area contributed by atoms with Crippen molar-refractivity contribution in [2.75, 3.05) is 6.54 Å². The van der Waals surface area contributed by atoms with Crippen LogP contribution in [0.2, 0.25) is 5.02 Å². The number of Topliss-reactive ketones (excluding diaryl/α,β-unsaturated/α-hetero) is 1. The molecule has 8 nitrogen and oxygen atoms in total. The van der Waals surface area contributed by atoms with Gasteiger partial charge in [0.05, 0.1) is 32.1 Å². The molecule has 204 valence electrons. The van der Waals surface area contributed by atoms with Crippen molar-refractivity contribution in [2.45, 2.75) is 31.3 Å². The normalized spacial score (nSPS) is 12.1. The van der Waals surface area contributed by atoms with Crippen molar-refractivity contribution in [2.24, 2.45) is 5.14 Å². The third-order valence-corrected chi connectivity index (χ3v) is 7.23. The molecule has 1 aromatic heterocycles. The maximum atomic E-state index is 13.3. The molecule has 3 N–H and O–H groups in total. The van der Waals surface area contributed by atoms with Crippen molar-refractivity contribution in [1.29, 1.82) is 0 Å². The summed E-state index contributed by atoms with van der Waals surface area (Å²) in [5.74, 6) is -1.09. The van der Waals surface area contributed by atoms with E-state index in [0.717, 1.165) is 17.7 Å². The highest BCUT2D eigenvalue weighted by Crippen LogP contribution is 2.37. The molecule has 4 rings (SSSR count). The van der Waals surface area contributed by atoms with Crippen LogP contribution in [-0.2, 0) is 22.6 Å². The Hall–Kier alpha value is -3.74. The number of nitrogens with one attached hydrogen (secondary N) is 1. The van der Waals surface area contributed by atoms with Crippen molar-refractivity contribution in [3.05, 3.63) is 87.7 Å². The Morgan fingerprint density at radius 2 is 1.74 bits per heavy atom. The Morgan fingerprint density at radius 3 is 2.33 bits per heavy atom. The lowest BCUT2D eigenvalue weighted by Crippen LogP contribution is -2.28. The summed E-state index contributed by atoms with van der Waals surface area (Å²) >= 11 is 5.91. The van der Waals surface area contributed by atoms with Gasteiger partial charge in [-0.15, -0.1) is 0 Å². The first-order chi connectivity index (χ1) is 18.2. The van der Waals surface area contributed by atoms with Gasteiger partial charge in [0, 0.05) is 19.2 Å². The number of carbonyl (C=O) groups is 2. The number of nitrogens with zero attached hydrogens (tertiary/aromatic N) is 2. The maximum Gasteiger partial charge on any atom is 0.417 e. The lowest BCUT2D eigenvalue weighted by atomic mass is 10.1. The molecule has 39 heavy (non-hydrogen) atoms. The van der Waals surface area contributed by atoms with Gasteiger partial charge < -0.3 is 5.32 Å². The summed E-state index contributed by atoms with van der Waals surface area (Å²) in [7, 11) is -4.09. The number of sulfonamides is 1. The van der Waals surface area contributed by atoms with Gasteiger partial charge in [-0.1, -0.05) is 35.4 Å². The molecule has 3 aromatic carbocycles. The summed E-state index contributed by atoms with van der Waals surface area (Å²) in [5, 5.41) is 7.39. The molecule has 0 spiro atoms. The van der Waals surface area contributed by atoms with E-state index in [1.807, 2.05) is 0 Å². The molecule has 0 unspecified atom stereocenters. The second kappa shape index (κ2) is 10.4. The van der Waals surface area contributed by atoms with Crippen LogP contribution in [0.4, 0.5) is 13.2 Å². The van der Waals surface area contributed by atoms with Crippen LogP contribution in [0.3, 0.4) is 0 Å². The van der Waals surface area contributed by atoms with E-state index in [1.54, 1.807) is 37.3 Å². The highest BCUT2D eigenvalue weighted by Gasteiger charge is 2.34. The summed E-state index contributed by atoms with van der Waals surface area (Å²) in [4.78, 5) is 28.7. The second-order valence-electron chi connectivity index (χ2n) is 8.86. The third-order valence-electron chi connectivity index (χ3n) is 5.94. The highest BCUT2D eigenvalue weighted by molar-refractivity contribution is 7.89. The van der Waals surface area contributed by atoms with E-state index in [4.69, 9.17) is 16.7 Å². The minimum absolute atomic E-state index is 0.0290. The van der Waals surface area contributed by atoms with Gasteiger partial charge in [-0.3, -0.25) is 14.2 Å². The molecule has 0 aliphatic heterocycles. The van der Waals surface area contributed by atoms with E-state index in [2.05, 4.69) is 10.3 Å². The number of hydrogen-bond donors (Lipinski definition) is 2. The first-order valence-corrected chi connectivity index (χ1v) is 13.4. The molecule has 1 amide bonds. The van der Waals surface area contributed by atoms with Crippen LogP contribution < -0.4 is 10.5 Å². The number of primary sulfonamides is 1. The summed E-state index contributed by atoms with van der Waals surface area (Å²) in [6, 6.07) is 13.0. The molecule has 0 bridgehead atoms. The van der Waals surface area contributed by atoms with Crippen LogP contribution in [0.25, 0.3) is 16.7 Å². The molecule has 0 saturated heterocycles. The number of benzene rings is 3. The van der Waals surface area contributed by atoms with E-state index < -0.39 is 38.5 Å². The predicted molar refractivity (Wildman–Crippen MR) is 140 cm³/mol. The van der Waals surface area contributed by atoms with E-state index in [1.165, 1.54) is 23.6 Å². The molecule has 0 radical (unpaired) electrons. The van der Waals surface area contributed by atoms with Gasteiger partial charge in [0.2, 0.25) is 10.0 Å². The number of aryl methyl sites for hydroxylation is 1. The van der Waals surface area contributed by atoms with Gasteiger partial charge in [0.1, 0.15) is 0 Å². The Morgan fingerprint density at radius 1 is 1.08 bits per heavy atom. The van der Waals surface area contributed by atoms with Gasteiger partial charge in [0.25, 0.3) is 5.91 Å². The van der Waals surface area contributed by atoms with Crippen molar-refractivity contribution >= 4 is 44.3 Å². The van der Waals surface area contributed by atoms with Crippen LogP contribution in [0.1, 0.15) is 44.6 Å². The number of carbonyl (C=O) groups excluding carboxylic acids is 2. The lowest BCUT2D eigenvalue weighted by molar-refractivity contribution is -0.137. The largest absolute Gasteiger partial charge is 0.417 e. The molecular formula is C26H22ClF3N4O4S.